The van der Waals surface area contributed by atoms with E-state index >= 15 is 0 Å². The lowest BCUT2D eigenvalue weighted by atomic mass is 10.1. The first-order valence-electron chi connectivity index (χ1n) is 8.14. The van der Waals surface area contributed by atoms with Crippen LogP contribution in [-0.4, -0.2) is 26.8 Å². The van der Waals surface area contributed by atoms with Gasteiger partial charge in [0, 0.05) is 24.7 Å². The monoisotopic (exact) mass is 369 g/mol. The molecule has 7 nitrogen and oxygen atoms in total. The molecule has 0 radical (unpaired) electrons. The van der Waals surface area contributed by atoms with E-state index in [4.69, 9.17) is 0 Å². The van der Waals surface area contributed by atoms with E-state index in [1.165, 1.54) is 18.3 Å². The van der Waals surface area contributed by atoms with Crippen molar-refractivity contribution in [3.05, 3.63) is 70.2 Å². The molecule has 3 rings (SSSR count). The van der Waals surface area contributed by atoms with Crippen LogP contribution < -0.4 is 10.6 Å². The number of amides is 2. The SMILES string of the molecule is CC(=O)N[C@H](Cc1ccccc1)c1nc(C(=O)NCc2ncc[nH]2)cs1. The minimum atomic E-state index is -0.273. The van der Waals surface area contributed by atoms with Gasteiger partial charge in [-0.25, -0.2) is 9.97 Å². The Morgan fingerprint density at radius 2 is 2.08 bits per heavy atom. The fourth-order valence-corrected chi connectivity index (χ4v) is 3.35. The van der Waals surface area contributed by atoms with Crippen LogP contribution in [-0.2, 0) is 17.8 Å². The third-order valence-electron chi connectivity index (χ3n) is 3.68. The number of aromatic nitrogens is 3. The summed E-state index contributed by atoms with van der Waals surface area (Å²) in [4.78, 5) is 35.2. The van der Waals surface area contributed by atoms with Crippen molar-refractivity contribution in [2.75, 3.05) is 0 Å². The third-order valence-corrected chi connectivity index (χ3v) is 4.64. The molecule has 2 heterocycles. The van der Waals surface area contributed by atoms with Crippen LogP contribution in [0, 0.1) is 0 Å². The lowest BCUT2D eigenvalue weighted by molar-refractivity contribution is -0.119. The number of carbonyl (C=O) groups excluding carboxylic acids is 2. The molecule has 1 aromatic carbocycles. The van der Waals surface area contributed by atoms with Crippen LogP contribution in [0.5, 0.6) is 0 Å². The maximum atomic E-state index is 12.3. The molecule has 3 N–H and O–H groups in total. The Kier molecular flexibility index (Phi) is 5.75. The Morgan fingerprint density at radius 1 is 1.27 bits per heavy atom. The lowest BCUT2D eigenvalue weighted by Gasteiger charge is -2.15. The first kappa shape index (κ1) is 17.8. The zero-order valence-corrected chi connectivity index (χ0v) is 15.0. The summed E-state index contributed by atoms with van der Waals surface area (Å²) in [6.45, 7) is 1.78. The van der Waals surface area contributed by atoms with Gasteiger partial charge >= 0.3 is 0 Å². The van der Waals surface area contributed by atoms with Crippen molar-refractivity contribution in [3.8, 4) is 0 Å². The number of aromatic amines is 1. The minimum Gasteiger partial charge on any atom is -0.347 e. The van der Waals surface area contributed by atoms with Gasteiger partial charge in [-0.05, 0) is 12.0 Å². The van der Waals surface area contributed by atoms with E-state index in [-0.39, 0.29) is 17.9 Å². The Morgan fingerprint density at radius 3 is 2.77 bits per heavy atom. The molecule has 0 aliphatic rings. The van der Waals surface area contributed by atoms with Crippen LogP contribution in [0.15, 0.2) is 48.1 Å². The molecule has 0 saturated heterocycles. The fraction of sp³-hybridized carbons (Fsp3) is 0.222. The number of carbonyl (C=O) groups is 2. The second kappa shape index (κ2) is 8.39. The smallest absolute Gasteiger partial charge is 0.271 e. The number of nitrogens with one attached hydrogen (secondary N) is 3. The van der Waals surface area contributed by atoms with E-state index in [1.54, 1.807) is 17.8 Å². The molecule has 0 fully saturated rings. The Balaban J connectivity index is 1.69. The van der Waals surface area contributed by atoms with E-state index in [9.17, 15) is 9.59 Å². The predicted molar refractivity (Wildman–Crippen MR) is 98.6 cm³/mol. The highest BCUT2D eigenvalue weighted by atomic mass is 32.1. The van der Waals surface area contributed by atoms with Crippen molar-refractivity contribution in [1.82, 2.24) is 25.6 Å². The summed E-state index contributed by atoms with van der Waals surface area (Å²) in [6.07, 6.45) is 3.94. The quantitative estimate of drug-likeness (QED) is 0.594. The fourth-order valence-electron chi connectivity index (χ4n) is 2.50. The average Bonchev–Trinajstić information content (AvgIpc) is 3.31. The standard InChI is InChI=1S/C18H19N5O2S/c1-12(24)22-14(9-13-5-3-2-4-6-13)18-23-15(11-26-18)17(25)21-10-16-19-7-8-20-16/h2-8,11,14H,9-10H2,1H3,(H,19,20)(H,21,25)(H,22,24)/t14-/m1/s1. The first-order chi connectivity index (χ1) is 12.6. The zero-order valence-electron chi connectivity index (χ0n) is 14.2. The van der Waals surface area contributed by atoms with E-state index in [1.807, 2.05) is 30.3 Å². The van der Waals surface area contributed by atoms with E-state index in [0.717, 1.165) is 5.56 Å². The Bertz CT molecular complexity index is 861. The van der Waals surface area contributed by atoms with Crippen molar-refractivity contribution >= 4 is 23.2 Å². The number of nitrogens with zero attached hydrogens (tertiary/aromatic N) is 2. The van der Waals surface area contributed by atoms with E-state index < -0.39 is 0 Å². The number of hydrogen-bond donors (Lipinski definition) is 3. The number of rotatable bonds is 7. The van der Waals surface area contributed by atoms with Gasteiger partial charge in [0.05, 0.1) is 12.6 Å². The number of hydrogen-bond acceptors (Lipinski definition) is 5. The molecule has 0 spiro atoms. The molecule has 2 aromatic heterocycles. The summed E-state index contributed by atoms with van der Waals surface area (Å²) >= 11 is 1.36. The topological polar surface area (TPSA) is 99.8 Å². The number of imidazole rings is 1. The normalized spacial score (nSPS) is 11.7. The Labute approximate surface area is 154 Å². The van der Waals surface area contributed by atoms with Crippen molar-refractivity contribution in [1.29, 1.82) is 0 Å². The van der Waals surface area contributed by atoms with E-state index in [0.29, 0.717) is 29.5 Å². The molecular weight excluding hydrogens is 350 g/mol. The third kappa shape index (κ3) is 4.76. The molecule has 2 amide bonds. The van der Waals surface area contributed by atoms with Gasteiger partial charge in [0.2, 0.25) is 5.91 Å². The van der Waals surface area contributed by atoms with Crippen LogP contribution in [0.2, 0.25) is 0 Å². The highest BCUT2D eigenvalue weighted by Crippen LogP contribution is 2.22. The number of thiazole rings is 1. The van der Waals surface area contributed by atoms with Gasteiger partial charge in [0.25, 0.3) is 5.91 Å². The zero-order chi connectivity index (χ0) is 18.4. The molecular formula is C18H19N5O2S. The van der Waals surface area contributed by atoms with Gasteiger partial charge < -0.3 is 15.6 Å². The summed E-state index contributed by atoms with van der Waals surface area (Å²) in [5, 5.41) is 8.08. The van der Waals surface area contributed by atoms with Gasteiger partial charge in [0.15, 0.2) is 0 Å². The lowest BCUT2D eigenvalue weighted by Crippen LogP contribution is -2.28. The number of benzene rings is 1. The van der Waals surface area contributed by atoms with Gasteiger partial charge in [-0.2, -0.15) is 0 Å². The summed E-state index contributed by atoms with van der Waals surface area (Å²) in [6, 6.07) is 9.58. The molecule has 0 bridgehead atoms. The number of H-pyrrole nitrogens is 1. The molecule has 8 heteroatoms. The molecule has 26 heavy (non-hydrogen) atoms. The summed E-state index contributed by atoms with van der Waals surface area (Å²) < 4.78 is 0. The van der Waals surface area contributed by atoms with Crippen molar-refractivity contribution < 1.29 is 9.59 Å². The maximum absolute atomic E-state index is 12.3. The van der Waals surface area contributed by atoms with Crippen molar-refractivity contribution in [2.45, 2.75) is 25.9 Å². The van der Waals surface area contributed by atoms with Crippen molar-refractivity contribution in [2.24, 2.45) is 0 Å². The van der Waals surface area contributed by atoms with Gasteiger partial charge in [-0.3, -0.25) is 9.59 Å². The maximum Gasteiger partial charge on any atom is 0.271 e. The minimum absolute atomic E-state index is 0.134. The second-order valence-corrected chi connectivity index (χ2v) is 6.62. The molecule has 1 atom stereocenters. The predicted octanol–water partition coefficient (Wildman–Crippen LogP) is 2.22. The second-order valence-electron chi connectivity index (χ2n) is 5.73. The van der Waals surface area contributed by atoms with Crippen LogP contribution in [0.4, 0.5) is 0 Å². The van der Waals surface area contributed by atoms with Crippen LogP contribution >= 0.6 is 11.3 Å². The van der Waals surface area contributed by atoms with Crippen LogP contribution in [0.3, 0.4) is 0 Å². The van der Waals surface area contributed by atoms with Crippen molar-refractivity contribution in [3.63, 3.8) is 0 Å². The van der Waals surface area contributed by atoms with Crippen LogP contribution in [0.25, 0.3) is 0 Å². The van der Waals surface area contributed by atoms with Gasteiger partial charge in [-0.15, -0.1) is 11.3 Å². The largest absolute Gasteiger partial charge is 0.347 e. The Hall–Kier alpha value is -3.00. The molecule has 0 aliphatic carbocycles. The highest BCUT2D eigenvalue weighted by Gasteiger charge is 2.19. The summed E-state index contributed by atoms with van der Waals surface area (Å²) in [5.74, 6) is 0.268. The van der Waals surface area contributed by atoms with Gasteiger partial charge in [-0.1, -0.05) is 30.3 Å². The highest BCUT2D eigenvalue weighted by molar-refractivity contribution is 7.09. The summed E-state index contributed by atoms with van der Waals surface area (Å²) in [7, 11) is 0. The van der Waals surface area contributed by atoms with Gasteiger partial charge in [0.1, 0.15) is 16.5 Å². The first-order valence-corrected chi connectivity index (χ1v) is 9.02. The molecule has 0 saturated carbocycles. The molecule has 134 valence electrons. The van der Waals surface area contributed by atoms with E-state index in [2.05, 4.69) is 25.6 Å². The molecule has 0 aliphatic heterocycles. The van der Waals surface area contributed by atoms with Crippen LogP contribution in [0.1, 0.15) is 39.8 Å². The summed E-state index contributed by atoms with van der Waals surface area (Å²) in [5.41, 5.74) is 1.42. The molecule has 3 aromatic rings. The average molecular weight is 369 g/mol. The molecule has 0 unspecified atom stereocenters.